The third-order valence-corrected chi connectivity index (χ3v) is 4.09. The zero-order valence-corrected chi connectivity index (χ0v) is 11.2. The molecular weight excluding hydrogens is 265 g/mol. The molecule has 1 aliphatic carbocycles. The predicted octanol–water partition coefficient (Wildman–Crippen LogP) is 3.70. The molecule has 1 aliphatic rings. The van der Waals surface area contributed by atoms with Gasteiger partial charge in [0.15, 0.2) is 0 Å². The van der Waals surface area contributed by atoms with Crippen LogP contribution in [0.2, 0.25) is 5.02 Å². The van der Waals surface area contributed by atoms with E-state index in [1.54, 1.807) is 6.07 Å². The summed E-state index contributed by atoms with van der Waals surface area (Å²) in [4.78, 5) is 0. The van der Waals surface area contributed by atoms with Crippen LogP contribution in [0.3, 0.4) is 0 Å². The first kappa shape index (κ1) is 12.7. The van der Waals surface area contributed by atoms with Gasteiger partial charge < -0.3 is 9.67 Å². The van der Waals surface area contributed by atoms with Crippen molar-refractivity contribution in [2.24, 2.45) is 0 Å². The summed E-state index contributed by atoms with van der Waals surface area (Å²) in [6, 6.07) is 4.84. The number of hydrogen-bond donors (Lipinski definition) is 1. The van der Waals surface area contributed by atoms with Crippen LogP contribution in [0.5, 0.6) is 0 Å². The summed E-state index contributed by atoms with van der Waals surface area (Å²) in [6.45, 7) is 0.524. The van der Waals surface area contributed by atoms with Gasteiger partial charge in [0.2, 0.25) is 0 Å². The van der Waals surface area contributed by atoms with Crippen molar-refractivity contribution in [3.8, 4) is 0 Å². The van der Waals surface area contributed by atoms with Crippen LogP contribution in [0.4, 0.5) is 4.39 Å². The molecule has 0 saturated heterocycles. The molecule has 2 nitrogen and oxygen atoms in total. The van der Waals surface area contributed by atoms with Crippen molar-refractivity contribution in [2.45, 2.75) is 31.9 Å². The summed E-state index contributed by atoms with van der Waals surface area (Å²) in [5, 5.41) is 10.1. The first-order chi connectivity index (χ1) is 9.15. The van der Waals surface area contributed by atoms with Crippen molar-refractivity contribution in [2.75, 3.05) is 0 Å². The molecule has 0 radical (unpaired) electrons. The quantitative estimate of drug-likeness (QED) is 0.891. The van der Waals surface area contributed by atoms with Crippen LogP contribution >= 0.6 is 11.6 Å². The Bertz CT molecular complexity index is 608. The van der Waals surface area contributed by atoms with Crippen LogP contribution in [0, 0.1) is 5.82 Å². The summed E-state index contributed by atoms with van der Waals surface area (Å²) < 4.78 is 15.4. The van der Waals surface area contributed by atoms with Crippen LogP contribution in [0.1, 0.15) is 35.6 Å². The number of aryl methyl sites for hydroxylation is 1. The van der Waals surface area contributed by atoms with Gasteiger partial charge in [0.25, 0.3) is 0 Å². The summed E-state index contributed by atoms with van der Waals surface area (Å²) in [5.41, 5.74) is 2.94. The maximum Gasteiger partial charge on any atom is 0.142 e. The Morgan fingerprint density at radius 1 is 1.37 bits per heavy atom. The van der Waals surface area contributed by atoms with Crippen LogP contribution in [-0.2, 0) is 13.0 Å². The number of aliphatic hydroxyl groups excluding tert-OH is 1. The topological polar surface area (TPSA) is 25.2 Å². The van der Waals surface area contributed by atoms with E-state index in [0.717, 1.165) is 30.4 Å². The fraction of sp³-hybridized carbons (Fsp3) is 0.333. The average Bonchev–Trinajstić information content (AvgIpc) is 2.79. The lowest BCUT2D eigenvalue weighted by Gasteiger charge is -2.16. The second kappa shape index (κ2) is 4.99. The van der Waals surface area contributed by atoms with Crippen LogP contribution in [0.25, 0.3) is 0 Å². The van der Waals surface area contributed by atoms with Crippen LogP contribution < -0.4 is 0 Å². The standard InChI is InChI=1S/C15H15ClFNO/c16-15-11(4-1-5-13(15)17)8-18-7-10-3-2-6-14(19)12(10)9-18/h1,4-5,7,9,14,19H,2-3,6,8H2. The van der Waals surface area contributed by atoms with Gasteiger partial charge in [0.05, 0.1) is 11.1 Å². The minimum Gasteiger partial charge on any atom is -0.388 e. The van der Waals surface area contributed by atoms with Gasteiger partial charge in [-0.25, -0.2) is 4.39 Å². The smallest absolute Gasteiger partial charge is 0.142 e. The van der Waals surface area contributed by atoms with Crippen molar-refractivity contribution in [1.29, 1.82) is 0 Å². The van der Waals surface area contributed by atoms with Gasteiger partial charge in [-0.1, -0.05) is 23.7 Å². The van der Waals surface area contributed by atoms with E-state index < -0.39 is 5.82 Å². The van der Waals surface area contributed by atoms with Gasteiger partial charge in [0, 0.05) is 24.5 Å². The fourth-order valence-electron chi connectivity index (χ4n) is 2.68. The zero-order chi connectivity index (χ0) is 13.4. The normalized spacial score (nSPS) is 18.4. The van der Waals surface area contributed by atoms with Crippen molar-refractivity contribution >= 4 is 11.6 Å². The van der Waals surface area contributed by atoms with Gasteiger partial charge in [-0.3, -0.25) is 0 Å². The highest BCUT2D eigenvalue weighted by atomic mass is 35.5. The molecule has 1 aromatic heterocycles. The van der Waals surface area contributed by atoms with Gasteiger partial charge >= 0.3 is 0 Å². The molecule has 0 aliphatic heterocycles. The Labute approximate surface area is 116 Å². The molecule has 1 atom stereocenters. The highest BCUT2D eigenvalue weighted by molar-refractivity contribution is 6.31. The summed E-state index contributed by atoms with van der Waals surface area (Å²) in [5.74, 6) is -0.392. The molecule has 100 valence electrons. The largest absolute Gasteiger partial charge is 0.388 e. The van der Waals surface area contributed by atoms with E-state index in [0.29, 0.717) is 6.54 Å². The van der Waals surface area contributed by atoms with Crippen molar-refractivity contribution in [3.05, 3.63) is 58.1 Å². The molecule has 1 aromatic carbocycles. The minimum atomic E-state index is -0.392. The molecular formula is C15H15ClFNO. The first-order valence-electron chi connectivity index (χ1n) is 6.44. The maximum absolute atomic E-state index is 13.4. The molecule has 0 spiro atoms. The molecule has 0 bridgehead atoms. The molecule has 1 N–H and O–H groups in total. The number of benzene rings is 1. The van der Waals surface area contributed by atoms with E-state index in [9.17, 15) is 9.50 Å². The van der Waals surface area contributed by atoms with E-state index in [2.05, 4.69) is 0 Å². The predicted molar refractivity (Wildman–Crippen MR) is 72.8 cm³/mol. The highest BCUT2D eigenvalue weighted by Crippen LogP contribution is 2.31. The highest BCUT2D eigenvalue weighted by Gasteiger charge is 2.20. The number of aromatic nitrogens is 1. The Morgan fingerprint density at radius 3 is 3.00 bits per heavy atom. The van der Waals surface area contributed by atoms with E-state index in [1.807, 2.05) is 23.0 Å². The Hall–Kier alpha value is -1.32. The average molecular weight is 280 g/mol. The second-order valence-electron chi connectivity index (χ2n) is 5.03. The third kappa shape index (κ3) is 2.40. The molecule has 0 fully saturated rings. The Balaban J connectivity index is 1.90. The van der Waals surface area contributed by atoms with Gasteiger partial charge in [-0.2, -0.15) is 0 Å². The first-order valence-corrected chi connectivity index (χ1v) is 6.82. The second-order valence-corrected chi connectivity index (χ2v) is 5.41. The molecule has 3 rings (SSSR count). The third-order valence-electron chi connectivity index (χ3n) is 3.66. The monoisotopic (exact) mass is 279 g/mol. The molecule has 0 saturated carbocycles. The molecule has 1 heterocycles. The van der Waals surface area contributed by atoms with Crippen molar-refractivity contribution in [1.82, 2.24) is 4.57 Å². The molecule has 1 unspecified atom stereocenters. The Morgan fingerprint density at radius 2 is 2.21 bits per heavy atom. The van der Waals surface area contributed by atoms with E-state index in [4.69, 9.17) is 11.6 Å². The summed E-state index contributed by atoms with van der Waals surface area (Å²) >= 11 is 5.96. The van der Waals surface area contributed by atoms with E-state index in [-0.39, 0.29) is 11.1 Å². The lowest BCUT2D eigenvalue weighted by Crippen LogP contribution is -2.05. The van der Waals surface area contributed by atoms with E-state index >= 15 is 0 Å². The molecule has 2 aromatic rings. The summed E-state index contributed by atoms with van der Waals surface area (Å²) in [6.07, 6.45) is 6.43. The number of aliphatic hydroxyl groups is 1. The van der Waals surface area contributed by atoms with E-state index in [1.165, 1.54) is 11.6 Å². The van der Waals surface area contributed by atoms with Crippen LogP contribution in [0.15, 0.2) is 30.6 Å². The fourth-order valence-corrected chi connectivity index (χ4v) is 2.87. The van der Waals surface area contributed by atoms with Crippen molar-refractivity contribution in [3.63, 3.8) is 0 Å². The van der Waals surface area contributed by atoms with Crippen molar-refractivity contribution < 1.29 is 9.50 Å². The number of fused-ring (bicyclic) bond motifs is 1. The van der Waals surface area contributed by atoms with Gasteiger partial charge in [-0.05, 0) is 36.5 Å². The number of hydrogen-bond acceptors (Lipinski definition) is 1. The van der Waals surface area contributed by atoms with Gasteiger partial charge in [0.1, 0.15) is 5.82 Å². The Kier molecular flexibility index (Phi) is 3.33. The minimum absolute atomic E-state index is 0.176. The molecule has 4 heteroatoms. The van der Waals surface area contributed by atoms with Gasteiger partial charge in [-0.15, -0.1) is 0 Å². The summed E-state index contributed by atoms with van der Waals surface area (Å²) in [7, 11) is 0. The SMILES string of the molecule is OC1CCCc2cn(Cc3cccc(F)c3Cl)cc21. The molecule has 19 heavy (non-hydrogen) atoms. The zero-order valence-electron chi connectivity index (χ0n) is 10.4. The number of halogens is 2. The number of nitrogens with zero attached hydrogens (tertiary/aromatic N) is 1. The lowest BCUT2D eigenvalue weighted by atomic mass is 9.93. The molecule has 0 amide bonds. The lowest BCUT2D eigenvalue weighted by molar-refractivity contribution is 0.157. The maximum atomic E-state index is 13.4. The number of rotatable bonds is 2. The van der Waals surface area contributed by atoms with Crippen LogP contribution in [-0.4, -0.2) is 9.67 Å².